The maximum absolute atomic E-state index is 14.9. The van der Waals surface area contributed by atoms with Crippen LogP contribution in [0.5, 0.6) is 5.88 Å². The predicted molar refractivity (Wildman–Crippen MR) is 120 cm³/mol. The van der Waals surface area contributed by atoms with Crippen molar-refractivity contribution in [2.75, 3.05) is 13.1 Å². The lowest BCUT2D eigenvalue weighted by atomic mass is 10.0. The lowest BCUT2D eigenvalue weighted by Crippen LogP contribution is -2.49. The number of imidazole rings is 1. The number of aromatic nitrogens is 3. The number of amides is 2. The van der Waals surface area contributed by atoms with E-state index in [1.165, 1.54) is 11.1 Å². The van der Waals surface area contributed by atoms with Crippen molar-refractivity contribution < 1.29 is 18.7 Å². The van der Waals surface area contributed by atoms with Gasteiger partial charge in [0, 0.05) is 38.0 Å². The van der Waals surface area contributed by atoms with Gasteiger partial charge in [-0.1, -0.05) is 29.8 Å². The zero-order valence-corrected chi connectivity index (χ0v) is 18.6. The van der Waals surface area contributed by atoms with Gasteiger partial charge >= 0.3 is 0 Å². The molecule has 1 aromatic carbocycles. The molecule has 33 heavy (non-hydrogen) atoms. The summed E-state index contributed by atoms with van der Waals surface area (Å²) in [5.74, 6) is -0.874. The van der Waals surface area contributed by atoms with E-state index in [4.69, 9.17) is 10.5 Å². The Morgan fingerprint density at radius 1 is 1.24 bits per heavy atom. The second-order valence-electron chi connectivity index (χ2n) is 8.33. The molecule has 4 rings (SSSR count). The number of nitrogens with zero attached hydrogens (tertiary/aromatic N) is 4. The molecule has 0 unspecified atom stereocenters. The lowest BCUT2D eigenvalue weighted by molar-refractivity contribution is -0.134. The summed E-state index contributed by atoms with van der Waals surface area (Å²) in [6.07, 6.45) is 3.17. The van der Waals surface area contributed by atoms with Crippen LogP contribution in [0.4, 0.5) is 4.39 Å². The molecule has 0 aliphatic carbocycles. The van der Waals surface area contributed by atoms with Crippen molar-refractivity contribution in [2.45, 2.75) is 32.0 Å². The van der Waals surface area contributed by atoms with E-state index in [-0.39, 0.29) is 36.7 Å². The number of nitrogens with two attached hydrogens (primary N) is 1. The smallest absolute Gasteiger partial charge is 0.254 e. The minimum absolute atomic E-state index is 0.0192. The third-order valence-electron chi connectivity index (χ3n) is 5.69. The van der Waals surface area contributed by atoms with E-state index in [0.717, 1.165) is 11.1 Å². The number of carbonyl (C=O) groups is 2. The number of hydrogen-bond donors (Lipinski definition) is 1. The van der Waals surface area contributed by atoms with Crippen LogP contribution in [-0.2, 0) is 18.3 Å². The molecule has 2 N–H and O–H groups in total. The van der Waals surface area contributed by atoms with E-state index in [2.05, 4.69) is 9.97 Å². The number of primary amides is 1. The van der Waals surface area contributed by atoms with Crippen LogP contribution < -0.4 is 10.5 Å². The van der Waals surface area contributed by atoms with Crippen molar-refractivity contribution in [3.63, 3.8) is 0 Å². The fourth-order valence-corrected chi connectivity index (χ4v) is 3.80. The zero-order valence-electron chi connectivity index (χ0n) is 18.6. The van der Waals surface area contributed by atoms with Gasteiger partial charge < -0.3 is 19.9 Å². The van der Waals surface area contributed by atoms with Crippen molar-refractivity contribution in [3.05, 3.63) is 65.7 Å². The van der Waals surface area contributed by atoms with Crippen LogP contribution in [0.2, 0.25) is 0 Å². The number of carbonyl (C=O) groups excluding carboxylic acids is 2. The summed E-state index contributed by atoms with van der Waals surface area (Å²) in [7, 11) is 1.83. The summed E-state index contributed by atoms with van der Waals surface area (Å²) >= 11 is 0. The maximum Gasteiger partial charge on any atom is 0.254 e. The number of rotatable bonds is 6. The lowest BCUT2D eigenvalue weighted by Gasteiger charge is -2.34. The molecule has 0 saturated carbocycles. The number of aryl methyl sites for hydroxylation is 2. The summed E-state index contributed by atoms with van der Waals surface area (Å²) in [6.45, 7) is 2.26. The Balaban J connectivity index is 1.42. The Bertz CT molecular complexity index is 1160. The topological polar surface area (TPSA) is 103 Å². The average Bonchev–Trinajstić information content (AvgIpc) is 3.23. The Morgan fingerprint density at radius 3 is 2.64 bits per heavy atom. The van der Waals surface area contributed by atoms with Gasteiger partial charge in [0.05, 0.1) is 25.0 Å². The molecule has 1 fully saturated rings. The van der Waals surface area contributed by atoms with Crippen molar-refractivity contribution in [2.24, 2.45) is 12.8 Å². The number of halogens is 1. The summed E-state index contributed by atoms with van der Waals surface area (Å²) in [6, 6.07) is 9.25. The highest BCUT2D eigenvalue weighted by atomic mass is 19.1. The average molecular weight is 452 g/mol. The van der Waals surface area contributed by atoms with Gasteiger partial charge in [0.2, 0.25) is 11.8 Å². The molecule has 3 aromatic rings. The normalized spacial score (nSPS) is 18.2. The molecule has 1 aliphatic heterocycles. The number of piperidine rings is 1. The SMILES string of the molecule is Cc1ccc(CC(=O)N2CC[C@@H](Oc3ncc(-c4cn(C)cn4)cc3C(N)=O)[C@@H](F)C2)cc1. The second-order valence-corrected chi connectivity index (χ2v) is 8.33. The van der Waals surface area contributed by atoms with E-state index in [1.807, 2.05) is 38.2 Å². The van der Waals surface area contributed by atoms with Gasteiger partial charge in [-0.05, 0) is 18.6 Å². The first kappa shape index (κ1) is 22.4. The predicted octanol–water partition coefficient (Wildman–Crippen LogP) is 2.45. The second kappa shape index (κ2) is 9.40. The van der Waals surface area contributed by atoms with Crippen molar-refractivity contribution >= 4 is 11.8 Å². The van der Waals surface area contributed by atoms with E-state index in [1.54, 1.807) is 23.2 Å². The molecule has 2 atom stereocenters. The third kappa shape index (κ3) is 5.19. The molecule has 0 bridgehead atoms. The Morgan fingerprint density at radius 2 is 2.00 bits per heavy atom. The van der Waals surface area contributed by atoms with Crippen LogP contribution >= 0.6 is 0 Å². The van der Waals surface area contributed by atoms with E-state index in [9.17, 15) is 14.0 Å². The molecule has 172 valence electrons. The largest absolute Gasteiger partial charge is 0.471 e. The molecule has 2 aromatic heterocycles. The van der Waals surface area contributed by atoms with Crippen LogP contribution in [0.3, 0.4) is 0 Å². The Labute approximate surface area is 191 Å². The highest BCUT2D eigenvalue weighted by Gasteiger charge is 2.34. The molecule has 0 spiro atoms. The van der Waals surface area contributed by atoms with Gasteiger partial charge in [-0.15, -0.1) is 0 Å². The molecule has 8 nitrogen and oxygen atoms in total. The molecule has 9 heteroatoms. The number of alkyl halides is 1. The first-order valence-electron chi connectivity index (χ1n) is 10.7. The first-order valence-corrected chi connectivity index (χ1v) is 10.7. The quantitative estimate of drug-likeness (QED) is 0.620. The summed E-state index contributed by atoms with van der Waals surface area (Å²) < 4.78 is 22.5. The third-order valence-corrected chi connectivity index (χ3v) is 5.69. The number of pyridine rings is 1. The Kier molecular flexibility index (Phi) is 6.39. The monoisotopic (exact) mass is 451 g/mol. The molecular weight excluding hydrogens is 425 g/mol. The first-order chi connectivity index (χ1) is 15.8. The highest BCUT2D eigenvalue weighted by Crippen LogP contribution is 2.26. The fraction of sp³-hybridized carbons (Fsp3) is 0.333. The van der Waals surface area contributed by atoms with Crippen molar-refractivity contribution in [3.8, 4) is 17.1 Å². The Hall–Kier alpha value is -3.75. The zero-order chi connectivity index (χ0) is 23.5. The summed E-state index contributed by atoms with van der Waals surface area (Å²) in [4.78, 5) is 34.6. The van der Waals surface area contributed by atoms with Gasteiger partial charge in [-0.25, -0.2) is 14.4 Å². The van der Waals surface area contributed by atoms with Gasteiger partial charge in [0.1, 0.15) is 11.7 Å². The molecule has 2 amide bonds. The molecule has 1 aliphatic rings. The van der Waals surface area contributed by atoms with E-state index in [0.29, 0.717) is 17.8 Å². The van der Waals surface area contributed by atoms with Gasteiger partial charge in [0.15, 0.2) is 6.17 Å². The van der Waals surface area contributed by atoms with Gasteiger partial charge in [-0.3, -0.25) is 9.59 Å². The molecule has 0 radical (unpaired) electrons. The standard InChI is InChI=1S/C24H26FN5O3/c1-15-3-5-16(6-4-15)9-22(31)30-8-7-21(19(25)12-30)33-24-18(23(26)32)10-17(11-27-24)20-13-29(2)14-28-20/h3-6,10-11,13-14,19,21H,7-9,12H2,1-2H3,(H2,26,32)/t19-,21+/m0/s1. The minimum atomic E-state index is -1.42. The van der Waals surface area contributed by atoms with Crippen molar-refractivity contribution in [1.82, 2.24) is 19.4 Å². The highest BCUT2D eigenvalue weighted by molar-refractivity contribution is 5.96. The summed E-state index contributed by atoms with van der Waals surface area (Å²) in [5, 5.41) is 0. The fourth-order valence-electron chi connectivity index (χ4n) is 3.80. The van der Waals surface area contributed by atoms with Gasteiger partial charge in [0.25, 0.3) is 5.91 Å². The van der Waals surface area contributed by atoms with E-state index >= 15 is 0 Å². The number of ether oxygens (including phenoxy) is 1. The summed E-state index contributed by atoms with van der Waals surface area (Å²) in [5.41, 5.74) is 8.81. The van der Waals surface area contributed by atoms with Crippen LogP contribution in [0, 0.1) is 6.92 Å². The molecular formula is C24H26FN5O3. The molecule has 1 saturated heterocycles. The van der Waals surface area contributed by atoms with Crippen molar-refractivity contribution in [1.29, 1.82) is 0 Å². The maximum atomic E-state index is 14.9. The molecule has 3 heterocycles. The number of benzene rings is 1. The minimum Gasteiger partial charge on any atom is -0.471 e. The van der Waals surface area contributed by atoms with Gasteiger partial charge in [-0.2, -0.15) is 0 Å². The van der Waals surface area contributed by atoms with E-state index < -0.39 is 18.2 Å². The number of hydrogen-bond acceptors (Lipinski definition) is 5. The van der Waals surface area contributed by atoms with Crippen LogP contribution in [0.15, 0.2) is 49.1 Å². The van der Waals surface area contributed by atoms with Crippen LogP contribution in [0.25, 0.3) is 11.3 Å². The number of likely N-dealkylation sites (tertiary alicyclic amines) is 1. The van der Waals surface area contributed by atoms with Crippen LogP contribution in [-0.4, -0.2) is 56.6 Å². The van der Waals surface area contributed by atoms with Crippen LogP contribution in [0.1, 0.15) is 27.9 Å².